The minimum atomic E-state index is -0.717. The van der Waals surface area contributed by atoms with Gasteiger partial charge >= 0.3 is 0 Å². The molecule has 2 nitrogen and oxygen atoms in total. The lowest BCUT2D eigenvalue weighted by Gasteiger charge is -2.65. The molecule has 8 atom stereocenters. The molecule has 0 saturated heterocycles. The van der Waals surface area contributed by atoms with E-state index in [0.717, 1.165) is 12.8 Å². The molecule has 30 heavy (non-hydrogen) atoms. The van der Waals surface area contributed by atoms with Crippen molar-refractivity contribution in [1.82, 2.24) is 0 Å². The molecule has 2 heteroatoms. The number of Topliss-reactive ketones (excluding diaryl/α,β-unsaturated/α-hetero) is 2. The zero-order valence-corrected chi connectivity index (χ0v) is 17.8. The van der Waals surface area contributed by atoms with Gasteiger partial charge in [-0.25, -0.2) is 0 Å². The smallest absolute Gasteiger partial charge is 0.149 e. The van der Waals surface area contributed by atoms with E-state index in [0.29, 0.717) is 37.2 Å². The van der Waals surface area contributed by atoms with Crippen LogP contribution in [0.25, 0.3) is 0 Å². The number of fused-ring (bicyclic) bond motifs is 10. The van der Waals surface area contributed by atoms with Crippen LogP contribution in [-0.2, 0) is 9.59 Å². The minimum Gasteiger partial charge on any atom is -0.298 e. The Kier molecular flexibility index (Phi) is 4.05. The fourth-order valence-corrected chi connectivity index (χ4v) is 9.08. The van der Waals surface area contributed by atoms with Crippen LogP contribution in [0.5, 0.6) is 0 Å². The lowest BCUT2D eigenvalue weighted by molar-refractivity contribution is -0.191. The summed E-state index contributed by atoms with van der Waals surface area (Å²) in [6, 6.07) is 0. The fraction of sp³-hybridized carbons (Fsp3) is 0.500. The molecule has 0 aromatic heterocycles. The van der Waals surface area contributed by atoms with E-state index < -0.39 is 21.7 Å². The Morgan fingerprint density at radius 2 is 0.833 bits per heavy atom. The third-order valence-electron chi connectivity index (χ3n) is 9.78. The summed E-state index contributed by atoms with van der Waals surface area (Å²) in [7, 11) is 0. The van der Waals surface area contributed by atoms with Gasteiger partial charge in [0.15, 0.2) is 0 Å². The van der Waals surface area contributed by atoms with Crippen molar-refractivity contribution in [3.63, 3.8) is 0 Å². The maximum atomic E-state index is 15.0. The summed E-state index contributed by atoms with van der Waals surface area (Å²) in [5.41, 5.74) is -2.87. The molecule has 5 aliphatic rings. The van der Waals surface area contributed by atoms with E-state index in [1.165, 1.54) is 0 Å². The van der Waals surface area contributed by atoms with Crippen LogP contribution in [-0.4, -0.2) is 11.6 Å². The average Bonchev–Trinajstić information content (AvgIpc) is 3.49. The van der Waals surface area contributed by atoms with Crippen LogP contribution in [0, 0.1) is 45.3 Å². The molecule has 0 aliphatic heterocycles. The molecule has 0 amide bonds. The lowest BCUT2D eigenvalue weighted by Crippen LogP contribution is -2.73. The highest BCUT2D eigenvalue weighted by molar-refractivity contribution is 6.11. The Morgan fingerprint density at radius 3 is 1.03 bits per heavy atom. The largest absolute Gasteiger partial charge is 0.298 e. The van der Waals surface area contributed by atoms with Crippen LogP contribution in [0.15, 0.2) is 74.9 Å². The van der Waals surface area contributed by atoms with Gasteiger partial charge in [-0.2, -0.15) is 0 Å². The predicted octanol–water partition coefficient (Wildman–Crippen LogP) is 5.80. The molecule has 3 fully saturated rings. The van der Waals surface area contributed by atoms with E-state index >= 15 is 9.59 Å². The van der Waals surface area contributed by atoms with Gasteiger partial charge in [0, 0.05) is 0 Å². The summed E-state index contributed by atoms with van der Waals surface area (Å²) in [6.07, 6.45) is 20.4. The van der Waals surface area contributed by atoms with E-state index in [4.69, 9.17) is 0 Å². The summed E-state index contributed by atoms with van der Waals surface area (Å²) < 4.78 is 0. The lowest BCUT2D eigenvalue weighted by atomic mass is 9.34. The highest BCUT2D eigenvalue weighted by Crippen LogP contribution is 2.81. The van der Waals surface area contributed by atoms with E-state index in [1.807, 2.05) is 24.3 Å². The third-order valence-corrected chi connectivity index (χ3v) is 9.78. The van der Waals surface area contributed by atoms with Gasteiger partial charge in [0.05, 0.1) is 21.7 Å². The minimum absolute atomic E-state index is 0.100. The van der Waals surface area contributed by atoms with Gasteiger partial charge in [0.2, 0.25) is 0 Å². The molecule has 4 bridgehead atoms. The topological polar surface area (TPSA) is 34.1 Å². The van der Waals surface area contributed by atoms with Gasteiger partial charge in [-0.3, -0.25) is 9.59 Å². The Balaban J connectivity index is 1.89. The van der Waals surface area contributed by atoms with E-state index in [-0.39, 0.29) is 23.7 Å². The van der Waals surface area contributed by atoms with Crippen molar-refractivity contribution in [1.29, 1.82) is 0 Å². The van der Waals surface area contributed by atoms with E-state index in [9.17, 15) is 0 Å². The third kappa shape index (κ3) is 1.66. The summed E-state index contributed by atoms with van der Waals surface area (Å²) in [6.45, 7) is 16.1. The first-order valence-electron chi connectivity index (χ1n) is 11.4. The highest BCUT2D eigenvalue weighted by Gasteiger charge is 2.85. The summed E-state index contributed by atoms with van der Waals surface area (Å²) in [4.78, 5) is 30.0. The van der Waals surface area contributed by atoms with E-state index in [2.05, 4.69) is 50.6 Å². The molecule has 5 aliphatic carbocycles. The quantitative estimate of drug-likeness (QED) is 0.483. The molecule has 0 radical (unpaired) electrons. The second-order valence-corrected chi connectivity index (χ2v) is 10.2. The summed E-state index contributed by atoms with van der Waals surface area (Å²) in [5.74, 6) is 0.998. The van der Waals surface area contributed by atoms with Crippen molar-refractivity contribution < 1.29 is 9.59 Å². The standard InChI is InChI=1S/C28H32O2/c1-5-13-25-19-9-10-20(17-19)26(25,14-6-2)24(30)28(16-8-4)22-12-11-21(18-22)27(28,15-7-3)23(25)29/h5-12,19-22H,1-4,13-18H2/t19-,20+,21-,22+,25-,26+,27+,28-. The van der Waals surface area contributed by atoms with Crippen LogP contribution >= 0.6 is 0 Å². The van der Waals surface area contributed by atoms with Crippen molar-refractivity contribution in [3.05, 3.63) is 74.9 Å². The van der Waals surface area contributed by atoms with Crippen LogP contribution in [0.4, 0.5) is 0 Å². The molecular weight excluding hydrogens is 368 g/mol. The zero-order valence-electron chi connectivity index (χ0n) is 17.8. The first-order valence-corrected chi connectivity index (χ1v) is 11.4. The Bertz CT molecular complexity index is 792. The van der Waals surface area contributed by atoms with Gasteiger partial charge in [-0.1, -0.05) is 48.6 Å². The molecule has 0 N–H and O–H groups in total. The fourth-order valence-electron chi connectivity index (χ4n) is 9.08. The number of ketones is 2. The Hall–Kier alpha value is -2.22. The van der Waals surface area contributed by atoms with Crippen LogP contribution in [0.2, 0.25) is 0 Å². The highest BCUT2D eigenvalue weighted by atomic mass is 16.2. The zero-order chi connectivity index (χ0) is 21.4. The molecule has 156 valence electrons. The normalized spacial score (nSPS) is 49.2. The van der Waals surface area contributed by atoms with Gasteiger partial charge in [0.1, 0.15) is 11.6 Å². The van der Waals surface area contributed by atoms with Crippen molar-refractivity contribution >= 4 is 11.6 Å². The molecule has 0 heterocycles. The number of allylic oxidation sites excluding steroid dienone is 8. The van der Waals surface area contributed by atoms with Crippen molar-refractivity contribution in [2.45, 2.75) is 38.5 Å². The summed E-state index contributed by atoms with van der Waals surface area (Å²) in [5, 5.41) is 0. The van der Waals surface area contributed by atoms with Gasteiger partial charge in [0.25, 0.3) is 0 Å². The summed E-state index contributed by atoms with van der Waals surface area (Å²) >= 11 is 0. The van der Waals surface area contributed by atoms with Crippen LogP contribution in [0.1, 0.15) is 38.5 Å². The molecular formula is C28H32O2. The van der Waals surface area contributed by atoms with Gasteiger partial charge in [-0.15, -0.1) is 26.3 Å². The molecule has 0 aromatic carbocycles. The first-order chi connectivity index (χ1) is 14.5. The number of carbonyl (C=O) groups excluding carboxylic acids is 2. The molecule has 5 rings (SSSR count). The molecule has 0 aromatic rings. The predicted molar refractivity (Wildman–Crippen MR) is 120 cm³/mol. The number of rotatable bonds is 8. The SMILES string of the molecule is C=CC[C@@]12C(=O)[C@]3(CC=C)[C@H]4C=C[C@H](C4)[C@]3(CC=C)C(=O)[C@]1(CC=C)[C@@H]1C=C[C@H]2C1. The second-order valence-electron chi connectivity index (χ2n) is 10.2. The first kappa shape index (κ1) is 19.7. The van der Waals surface area contributed by atoms with Gasteiger partial charge < -0.3 is 0 Å². The maximum Gasteiger partial charge on any atom is 0.149 e. The Morgan fingerprint density at radius 1 is 0.600 bits per heavy atom. The number of carbonyl (C=O) groups is 2. The number of hydrogen-bond acceptors (Lipinski definition) is 2. The second kappa shape index (κ2) is 6.15. The van der Waals surface area contributed by atoms with E-state index in [1.54, 1.807) is 0 Å². The van der Waals surface area contributed by atoms with Crippen LogP contribution in [0.3, 0.4) is 0 Å². The molecule has 0 spiro atoms. The molecule has 0 unspecified atom stereocenters. The van der Waals surface area contributed by atoms with Crippen molar-refractivity contribution in [2.24, 2.45) is 45.3 Å². The Labute approximate surface area is 180 Å². The average molecular weight is 401 g/mol. The number of hydrogen-bond donors (Lipinski definition) is 0. The monoisotopic (exact) mass is 400 g/mol. The maximum absolute atomic E-state index is 15.0. The van der Waals surface area contributed by atoms with Crippen molar-refractivity contribution in [3.8, 4) is 0 Å². The molecule has 3 saturated carbocycles. The van der Waals surface area contributed by atoms with Gasteiger partial charge in [-0.05, 0) is 62.2 Å². The van der Waals surface area contributed by atoms with Crippen molar-refractivity contribution in [2.75, 3.05) is 0 Å². The van der Waals surface area contributed by atoms with Crippen LogP contribution < -0.4 is 0 Å².